The Balaban J connectivity index is 0.00000261. The van der Waals surface area contributed by atoms with Gasteiger partial charge in [0.15, 0.2) is 5.96 Å². The molecule has 0 aromatic heterocycles. The first-order valence-electron chi connectivity index (χ1n) is 10.2. The second-order valence-electron chi connectivity index (χ2n) is 8.05. The van der Waals surface area contributed by atoms with Gasteiger partial charge >= 0.3 is 0 Å². The Morgan fingerprint density at radius 3 is 2.63 bits per heavy atom. The summed E-state index contributed by atoms with van der Waals surface area (Å²) >= 11 is 0. The lowest BCUT2D eigenvalue weighted by atomic mass is 10.1. The van der Waals surface area contributed by atoms with Gasteiger partial charge in [0, 0.05) is 46.9 Å². The summed E-state index contributed by atoms with van der Waals surface area (Å²) in [5.41, 5.74) is 0. The van der Waals surface area contributed by atoms with Gasteiger partial charge in [-0.05, 0) is 51.1 Å². The molecule has 2 atom stereocenters. The highest BCUT2D eigenvalue weighted by Crippen LogP contribution is 2.20. The van der Waals surface area contributed by atoms with Gasteiger partial charge in [-0.3, -0.25) is 4.79 Å². The van der Waals surface area contributed by atoms with E-state index in [2.05, 4.69) is 20.1 Å². The third-order valence-corrected chi connectivity index (χ3v) is 5.68. The minimum Gasteiger partial charge on any atom is -0.376 e. The van der Waals surface area contributed by atoms with E-state index in [1.807, 2.05) is 0 Å². The van der Waals surface area contributed by atoms with Crippen LogP contribution in [0.25, 0.3) is 0 Å². The number of carbonyl (C=O) groups excluding carboxylic acids is 1. The number of hydrogen-bond acceptors (Lipinski definition) is 4. The number of hydrogen-bond donors (Lipinski definition) is 1. The summed E-state index contributed by atoms with van der Waals surface area (Å²) < 4.78 is 5.72. The molecule has 7 nitrogen and oxygen atoms in total. The van der Waals surface area contributed by atoms with Gasteiger partial charge < -0.3 is 24.8 Å². The predicted octanol–water partition coefficient (Wildman–Crippen LogP) is 1.23. The topological polar surface area (TPSA) is 60.4 Å². The van der Waals surface area contributed by atoms with E-state index in [0.717, 1.165) is 45.0 Å². The highest BCUT2D eigenvalue weighted by molar-refractivity contribution is 14.0. The van der Waals surface area contributed by atoms with Crippen LogP contribution in [0.5, 0.6) is 0 Å². The van der Waals surface area contributed by atoms with Gasteiger partial charge in [-0.15, -0.1) is 24.0 Å². The molecule has 0 aromatic rings. The fourth-order valence-corrected chi connectivity index (χ4v) is 4.07. The molecule has 8 heteroatoms. The zero-order valence-electron chi connectivity index (χ0n) is 16.9. The van der Waals surface area contributed by atoms with Crippen LogP contribution in [-0.2, 0) is 9.53 Å². The number of carbonyl (C=O) groups is 1. The first kappa shape index (κ1) is 22.7. The SMILES string of the molecule is CN(C)C(=O)CN=C(NCC1CCCO1)N1CCC(CN2CCCC2)C1.I. The van der Waals surface area contributed by atoms with Crippen LogP contribution in [-0.4, -0.2) is 99.2 Å². The van der Waals surface area contributed by atoms with E-state index in [1.165, 1.54) is 38.9 Å². The second kappa shape index (κ2) is 11.4. The van der Waals surface area contributed by atoms with E-state index in [1.54, 1.807) is 19.0 Å². The maximum absolute atomic E-state index is 12.0. The Kier molecular flexibility index (Phi) is 9.58. The number of likely N-dealkylation sites (tertiary alicyclic amines) is 2. The van der Waals surface area contributed by atoms with Crippen molar-refractivity contribution in [3.8, 4) is 0 Å². The Morgan fingerprint density at radius 1 is 1.19 bits per heavy atom. The smallest absolute Gasteiger partial charge is 0.243 e. The molecule has 3 heterocycles. The third-order valence-electron chi connectivity index (χ3n) is 5.68. The van der Waals surface area contributed by atoms with Crippen LogP contribution < -0.4 is 5.32 Å². The van der Waals surface area contributed by atoms with Gasteiger partial charge in [-0.1, -0.05) is 0 Å². The van der Waals surface area contributed by atoms with Crippen molar-refractivity contribution in [2.24, 2.45) is 10.9 Å². The summed E-state index contributed by atoms with van der Waals surface area (Å²) in [6.07, 6.45) is 6.41. The van der Waals surface area contributed by atoms with Crippen LogP contribution in [0.2, 0.25) is 0 Å². The van der Waals surface area contributed by atoms with Gasteiger partial charge in [0.25, 0.3) is 0 Å². The van der Waals surface area contributed by atoms with Crippen molar-refractivity contribution in [2.45, 2.75) is 38.2 Å². The molecule has 3 aliphatic rings. The summed E-state index contributed by atoms with van der Waals surface area (Å²) in [6.45, 7) is 7.61. The summed E-state index contributed by atoms with van der Waals surface area (Å²) in [4.78, 5) is 23.1. The lowest BCUT2D eigenvalue weighted by molar-refractivity contribution is -0.127. The first-order chi connectivity index (χ1) is 12.6. The van der Waals surface area contributed by atoms with Crippen LogP contribution >= 0.6 is 24.0 Å². The fraction of sp³-hybridized carbons (Fsp3) is 0.895. The number of likely N-dealkylation sites (N-methyl/N-ethyl adjacent to an activating group) is 1. The number of rotatable bonds is 6. The maximum Gasteiger partial charge on any atom is 0.243 e. The Labute approximate surface area is 180 Å². The van der Waals surface area contributed by atoms with E-state index >= 15 is 0 Å². The number of guanidine groups is 1. The molecule has 0 bridgehead atoms. The number of amides is 1. The number of nitrogens with zero attached hydrogens (tertiary/aromatic N) is 4. The third kappa shape index (κ3) is 7.05. The molecule has 2 unspecified atom stereocenters. The molecule has 0 aromatic carbocycles. The zero-order chi connectivity index (χ0) is 18.4. The number of ether oxygens (including phenoxy) is 1. The van der Waals surface area contributed by atoms with E-state index < -0.39 is 0 Å². The van der Waals surface area contributed by atoms with Crippen molar-refractivity contribution < 1.29 is 9.53 Å². The fourth-order valence-electron chi connectivity index (χ4n) is 4.07. The monoisotopic (exact) mass is 493 g/mol. The molecule has 3 fully saturated rings. The first-order valence-corrected chi connectivity index (χ1v) is 10.2. The molecule has 27 heavy (non-hydrogen) atoms. The lowest BCUT2D eigenvalue weighted by Gasteiger charge is -2.24. The molecule has 0 aliphatic carbocycles. The molecule has 0 saturated carbocycles. The van der Waals surface area contributed by atoms with Gasteiger partial charge in [0.1, 0.15) is 6.54 Å². The zero-order valence-corrected chi connectivity index (χ0v) is 19.2. The van der Waals surface area contributed by atoms with E-state index in [0.29, 0.717) is 5.92 Å². The summed E-state index contributed by atoms with van der Waals surface area (Å²) in [6, 6.07) is 0. The molecule has 1 amide bonds. The lowest BCUT2D eigenvalue weighted by Crippen LogP contribution is -2.44. The van der Waals surface area contributed by atoms with Gasteiger partial charge in [0.05, 0.1) is 6.10 Å². The van der Waals surface area contributed by atoms with Crippen molar-refractivity contribution in [3.63, 3.8) is 0 Å². The van der Waals surface area contributed by atoms with Crippen LogP contribution in [0.15, 0.2) is 4.99 Å². The standard InChI is InChI=1S/C19H35N5O2.HI/c1-22(2)18(25)13-21-19(20-12-17-6-5-11-26-17)24-10-7-16(15-24)14-23-8-3-4-9-23;/h16-17H,3-15H2,1-2H3,(H,20,21);1H. The predicted molar refractivity (Wildman–Crippen MR) is 119 cm³/mol. The molecule has 0 radical (unpaired) electrons. The Bertz CT molecular complexity index is 490. The molecule has 1 N–H and O–H groups in total. The van der Waals surface area contributed by atoms with Gasteiger partial charge in [-0.2, -0.15) is 0 Å². The minimum absolute atomic E-state index is 0. The summed E-state index contributed by atoms with van der Waals surface area (Å²) in [7, 11) is 3.55. The quantitative estimate of drug-likeness (QED) is 0.343. The maximum atomic E-state index is 12.0. The molecule has 3 aliphatic heterocycles. The van der Waals surface area contributed by atoms with Crippen LogP contribution in [0.3, 0.4) is 0 Å². The van der Waals surface area contributed by atoms with Crippen molar-refractivity contribution in [2.75, 3.05) is 66.5 Å². The number of aliphatic imine (C=N–C) groups is 1. The van der Waals surface area contributed by atoms with E-state index in [-0.39, 0.29) is 42.5 Å². The highest BCUT2D eigenvalue weighted by atomic mass is 127. The van der Waals surface area contributed by atoms with Crippen molar-refractivity contribution in [3.05, 3.63) is 0 Å². The molecule has 3 saturated heterocycles. The highest BCUT2D eigenvalue weighted by Gasteiger charge is 2.28. The molecule has 156 valence electrons. The van der Waals surface area contributed by atoms with Crippen LogP contribution in [0.1, 0.15) is 32.1 Å². The minimum atomic E-state index is 0. The van der Waals surface area contributed by atoms with Gasteiger partial charge in [0.2, 0.25) is 5.91 Å². The van der Waals surface area contributed by atoms with Crippen molar-refractivity contribution in [1.82, 2.24) is 20.0 Å². The average Bonchev–Trinajstić information content (AvgIpc) is 3.37. The van der Waals surface area contributed by atoms with Crippen LogP contribution in [0.4, 0.5) is 0 Å². The van der Waals surface area contributed by atoms with Crippen molar-refractivity contribution in [1.29, 1.82) is 0 Å². The van der Waals surface area contributed by atoms with E-state index in [9.17, 15) is 4.79 Å². The molecular weight excluding hydrogens is 457 g/mol. The Morgan fingerprint density at radius 2 is 1.96 bits per heavy atom. The molecule has 0 spiro atoms. The molecule has 3 rings (SSSR count). The van der Waals surface area contributed by atoms with Gasteiger partial charge in [-0.25, -0.2) is 4.99 Å². The van der Waals surface area contributed by atoms with Crippen molar-refractivity contribution >= 4 is 35.8 Å². The molecular formula is C19H36IN5O2. The summed E-state index contributed by atoms with van der Waals surface area (Å²) in [5.74, 6) is 1.61. The largest absolute Gasteiger partial charge is 0.376 e. The normalized spacial score (nSPS) is 26.3. The summed E-state index contributed by atoms with van der Waals surface area (Å²) in [5, 5.41) is 3.48. The second-order valence-corrected chi connectivity index (χ2v) is 8.05. The average molecular weight is 493 g/mol. The number of nitrogens with one attached hydrogen (secondary N) is 1. The van der Waals surface area contributed by atoms with E-state index in [4.69, 9.17) is 4.74 Å². The van der Waals surface area contributed by atoms with Crippen LogP contribution in [0, 0.1) is 5.92 Å². The Hall–Kier alpha value is -0.610. The number of halogens is 1.